The first kappa shape index (κ1) is 13.6. The minimum atomic E-state index is -2.83. The number of alkyl halides is 2. The van der Waals surface area contributed by atoms with Gasteiger partial charge in [-0.3, -0.25) is 0 Å². The molecule has 17 heavy (non-hydrogen) atoms. The number of aromatic nitrogens is 1. The number of carbonyl (C=O) groups excluding carboxylic acids is 1. The molecule has 0 amide bonds. The van der Waals surface area contributed by atoms with Gasteiger partial charge in [0.15, 0.2) is 10.9 Å². The number of methoxy groups -OCH3 is 1. The van der Waals surface area contributed by atoms with Crippen LogP contribution in [0.3, 0.4) is 0 Å². The molecule has 0 N–H and O–H groups in total. The Balaban J connectivity index is 3.28. The summed E-state index contributed by atoms with van der Waals surface area (Å²) in [5.74, 6) is -0.856. The van der Waals surface area contributed by atoms with Crippen molar-refractivity contribution in [2.24, 2.45) is 0 Å². The molecule has 0 atom stereocenters. The number of hydrogen-bond acceptors (Lipinski definition) is 4. The lowest BCUT2D eigenvalue weighted by Gasteiger charge is -2.10. The first-order chi connectivity index (χ1) is 8.01. The summed E-state index contributed by atoms with van der Waals surface area (Å²) in [6.45, 7) is 1.72. The molecular formula is C10H10ClF2NO3. The van der Waals surface area contributed by atoms with Crippen molar-refractivity contribution < 1.29 is 23.0 Å². The monoisotopic (exact) mass is 265 g/mol. The molecule has 1 aromatic rings. The number of halogens is 3. The molecular weight excluding hydrogens is 256 g/mol. The molecule has 1 aromatic heterocycles. The van der Waals surface area contributed by atoms with Gasteiger partial charge in [0.2, 0.25) is 0 Å². The van der Waals surface area contributed by atoms with E-state index >= 15 is 0 Å². The second kappa shape index (κ2) is 5.77. The summed E-state index contributed by atoms with van der Waals surface area (Å²) in [6.07, 6.45) is -2.83. The summed E-state index contributed by atoms with van der Waals surface area (Å²) in [5, 5.41) is -0.298. The Bertz CT molecular complexity index is 426. The van der Waals surface area contributed by atoms with Gasteiger partial charge < -0.3 is 9.47 Å². The molecule has 0 fully saturated rings. The normalized spacial score (nSPS) is 10.5. The third kappa shape index (κ3) is 3.03. The molecule has 0 aliphatic carbocycles. The second-order valence-corrected chi connectivity index (χ2v) is 3.30. The van der Waals surface area contributed by atoms with Crippen LogP contribution in [-0.2, 0) is 4.74 Å². The van der Waals surface area contributed by atoms with Crippen molar-refractivity contribution in [2.75, 3.05) is 13.7 Å². The lowest BCUT2D eigenvalue weighted by molar-refractivity contribution is 0.0522. The Hall–Kier alpha value is -1.43. The Labute approximate surface area is 101 Å². The zero-order valence-electron chi connectivity index (χ0n) is 9.17. The number of rotatable bonds is 4. The van der Waals surface area contributed by atoms with Crippen LogP contribution in [0.2, 0.25) is 5.15 Å². The van der Waals surface area contributed by atoms with Gasteiger partial charge in [-0.05, 0) is 13.0 Å². The Morgan fingerprint density at radius 3 is 2.71 bits per heavy atom. The predicted octanol–water partition coefficient (Wildman–Crippen LogP) is 2.86. The van der Waals surface area contributed by atoms with E-state index in [0.717, 1.165) is 6.07 Å². The maximum absolute atomic E-state index is 12.5. The van der Waals surface area contributed by atoms with Crippen LogP contribution in [0.25, 0.3) is 0 Å². The van der Waals surface area contributed by atoms with E-state index in [-0.39, 0.29) is 23.1 Å². The summed E-state index contributed by atoms with van der Waals surface area (Å²) in [7, 11) is 1.26. The summed E-state index contributed by atoms with van der Waals surface area (Å²) in [6, 6.07) is 0.910. The highest BCUT2D eigenvalue weighted by molar-refractivity contribution is 6.31. The van der Waals surface area contributed by atoms with E-state index in [9.17, 15) is 13.6 Å². The van der Waals surface area contributed by atoms with Gasteiger partial charge in [-0.2, -0.15) is 0 Å². The van der Waals surface area contributed by atoms with Crippen molar-refractivity contribution in [3.63, 3.8) is 0 Å². The smallest absolute Gasteiger partial charge is 0.342 e. The van der Waals surface area contributed by atoms with Gasteiger partial charge in [-0.25, -0.2) is 18.6 Å². The molecule has 0 spiro atoms. The van der Waals surface area contributed by atoms with E-state index in [2.05, 4.69) is 4.98 Å². The summed E-state index contributed by atoms with van der Waals surface area (Å²) in [5.41, 5.74) is -0.761. The van der Waals surface area contributed by atoms with E-state index in [1.807, 2.05) is 0 Å². The third-order valence-electron chi connectivity index (χ3n) is 1.87. The largest absolute Gasteiger partial charge is 0.493 e. The van der Waals surface area contributed by atoms with Crippen molar-refractivity contribution in [1.82, 2.24) is 4.98 Å². The van der Waals surface area contributed by atoms with Gasteiger partial charge in [0.05, 0.1) is 13.7 Å². The Morgan fingerprint density at radius 2 is 2.24 bits per heavy atom. The molecule has 0 saturated heterocycles. The molecule has 7 heteroatoms. The van der Waals surface area contributed by atoms with E-state index in [1.54, 1.807) is 6.92 Å². The van der Waals surface area contributed by atoms with Crippen LogP contribution in [0, 0.1) is 0 Å². The highest BCUT2D eigenvalue weighted by atomic mass is 35.5. The van der Waals surface area contributed by atoms with Crippen molar-refractivity contribution in [1.29, 1.82) is 0 Å². The van der Waals surface area contributed by atoms with Crippen LogP contribution < -0.4 is 4.74 Å². The van der Waals surface area contributed by atoms with Crippen LogP contribution >= 0.6 is 11.6 Å². The maximum atomic E-state index is 12.5. The average Bonchev–Trinajstić information content (AvgIpc) is 2.28. The van der Waals surface area contributed by atoms with E-state index in [0.29, 0.717) is 0 Å². The SMILES string of the molecule is CCOC(=O)c1cc(C(F)F)nc(Cl)c1OC. The number of pyridine rings is 1. The average molecular weight is 266 g/mol. The molecule has 0 aliphatic heterocycles. The zero-order valence-corrected chi connectivity index (χ0v) is 9.92. The summed E-state index contributed by atoms with van der Waals surface area (Å²) < 4.78 is 34.5. The first-order valence-electron chi connectivity index (χ1n) is 4.71. The van der Waals surface area contributed by atoms with Crippen molar-refractivity contribution in [3.8, 4) is 5.75 Å². The maximum Gasteiger partial charge on any atom is 0.342 e. The van der Waals surface area contributed by atoms with Crippen LogP contribution in [-0.4, -0.2) is 24.7 Å². The fourth-order valence-electron chi connectivity index (χ4n) is 1.19. The molecule has 0 unspecified atom stereocenters. The predicted molar refractivity (Wildman–Crippen MR) is 56.7 cm³/mol. The zero-order chi connectivity index (χ0) is 13.0. The van der Waals surface area contributed by atoms with Gasteiger partial charge in [0.1, 0.15) is 11.3 Å². The molecule has 1 rings (SSSR count). The minimum absolute atomic E-state index is 0.0745. The van der Waals surface area contributed by atoms with Crippen LogP contribution in [0.4, 0.5) is 8.78 Å². The molecule has 1 heterocycles. The summed E-state index contributed by atoms with van der Waals surface area (Å²) >= 11 is 5.65. The molecule has 4 nitrogen and oxygen atoms in total. The van der Waals surface area contributed by atoms with E-state index in [4.69, 9.17) is 21.1 Å². The van der Waals surface area contributed by atoms with Crippen LogP contribution in [0.15, 0.2) is 6.07 Å². The number of esters is 1. The Kier molecular flexibility index (Phi) is 4.62. The lowest BCUT2D eigenvalue weighted by atomic mass is 10.2. The van der Waals surface area contributed by atoms with Crippen molar-refractivity contribution >= 4 is 17.6 Å². The molecule has 0 aliphatic rings. The number of nitrogens with zero attached hydrogens (tertiary/aromatic N) is 1. The first-order valence-corrected chi connectivity index (χ1v) is 5.08. The van der Waals surface area contributed by atoms with Gasteiger partial charge >= 0.3 is 5.97 Å². The standard InChI is InChI=1S/C10H10ClF2NO3/c1-3-17-10(15)5-4-6(9(12)13)14-8(11)7(5)16-2/h4,9H,3H2,1-2H3. The minimum Gasteiger partial charge on any atom is -0.493 e. The van der Waals surface area contributed by atoms with Crippen molar-refractivity contribution in [2.45, 2.75) is 13.3 Å². The number of hydrogen-bond donors (Lipinski definition) is 0. The van der Waals surface area contributed by atoms with Crippen LogP contribution in [0.5, 0.6) is 5.75 Å². The molecule has 94 valence electrons. The highest BCUT2D eigenvalue weighted by Gasteiger charge is 2.22. The van der Waals surface area contributed by atoms with Crippen LogP contribution in [0.1, 0.15) is 29.4 Å². The Morgan fingerprint density at radius 1 is 1.59 bits per heavy atom. The number of ether oxygens (including phenoxy) is 2. The third-order valence-corrected chi connectivity index (χ3v) is 2.13. The molecule has 0 bridgehead atoms. The van der Waals surface area contributed by atoms with E-state index in [1.165, 1.54) is 7.11 Å². The van der Waals surface area contributed by atoms with Gasteiger partial charge in [0.25, 0.3) is 6.43 Å². The fraction of sp³-hybridized carbons (Fsp3) is 0.400. The fourth-order valence-corrected chi connectivity index (χ4v) is 1.46. The quantitative estimate of drug-likeness (QED) is 0.620. The highest BCUT2D eigenvalue weighted by Crippen LogP contribution is 2.31. The van der Waals surface area contributed by atoms with E-state index < -0.39 is 18.1 Å². The lowest BCUT2D eigenvalue weighted by Crippen LogP contribution is -2.09. The van der Waals surface area contributed by atoms with Gasteiger partial charge in [0, 0.05) is 0 Å². The molecule has 0 aromatic carbocycles. The molecule has 0 saturated carbocycles. The topological polar surface area (TPSA) is 48.4 Å². The van der Waals surface area contributed by atoms with Crippen molar-refractivity contribution in [3.05, 3.63) is 22.5 Å². The van der Waals surface area contributed by atoms with Gasteiger partial charge in [-0.1, -0.05) is 11.6 Å². The second-order valence-electron chi connectivity index (χ2n) is 2.94. The van der Waals surface area contributed by atoms with Gasteiger partial charge in [-0.15, -0.1) is 0 Å². The molecule has 0 radical (unpaired) electrons. The summed E-state index contributed by atoms with van der Waals surface area (Å²) in [4.78, 5) is 14.9. The number of carbonyl (C=O) groups is 1.